The van der Waals surface area contributed by atoms with Crippen molar-refractivity contribution >= 4 is 22.6 Å². The van der Waals surface area contributed by atoms with E-state index in [4.69, 9.17) is 0 Å². The summed E-state index contributed by atoms with van der Waals surface area (Å²) in [6.45, 7) is 2.30. The van der Waals surface area contributed by atoms with E-state index >= 15 is 0 Å². The maximum absolute atomic E-state index is 10.0. The number of aromatic hydroxyl groups is 1. The Balaban J connectivity index is 1.78. The zero-order valence-corrected chi connectivity index (χ0v) is 15.1. The van der Waals surface area contributed by atoms with Crippen molar-refractivity contribution in [2.75, 3.05) is 13.1 Å². The molecule has 4 rings (SSSR count). The topological polar surface area (TPSA) is 23.5 Å². The molecule has 3 aliphatic rings. The van der Waals surface area contributed by atoms with E-state index in [9.17, 15) is 5.11 Å². The second kappa shape index (κ2) is 5.82. The molecular weight excluding hydrogens is 385 g/mol. The number of piperidine rings is 1. The fourth-order valence-electron chi connectivity index (χ4n) is 5.47. The van der Waals surface area contributed by atoms with Gasteiger partial charge in [-0.3, -0.25) is 4.90 Å². The van der Waals surface area contributed by atoms with Crippen LogP contribution in [0.25, 0.3) is 0 Å². The number of likely N-dealkylation sites (tertiary alicyclic amines) is 1. The molecule has 3 atom stereocenters. The summed E-state index contributed by atoms with van der Waals surface area (Å²) in [7, 11) is 0. The molecule has 0 aromatic heterocycles. The first-order valence-corrected chi connectivity index (χ1v) is 9.81. The van der Waals surface area contributed by atoms with Crippen molar-refractivity contribution in [2.45, 2.75) is 50.0 Å². The van der Waals surface area contributed by atoms with Crippen LogP contribution in [0.5, 0.6) is 5.75 Å². The van der Waals surface area contributed by atoms with E-state index in [-0.39, 0.29) is 0 Å². The van der Waals surface area contributed by atoms with Crippen molar-refractivity contribution in [2.24, 2.45) is 5.92 Å². The van der Waals surface area contributed by atoms with Crippen molar-refractivity contribution in [3.63, 3.8) is 0 Å². The van der Waals surface area contributed by atoms with E-state index in [0.29, 0.717) is 17.2 Å². The van der Waals surface area contributed by atoms with Crippen LogP contribution in [0.2, 0.25) is 0 Å². The van der Waals surface area contributed by atoms with Crippen LogP contribution in [0, 0.1) is 5.92 Å². The monoisotopic (exact) mass is 409 g/mol. The highest BCUT2D eigenvalue weighted by molar-refractivity contribution is 14.1. The molecule has 2 bridgehead atoms. The standard InChI is InChI=1S/C19H24INO/c20-9-3-10-21-11-8-19-7-2-1-4-16(19)18(21)12-14-5-6-15(22)13-17(14)19/h3,5-6,9,13,16,18,22H,1-2,4,7-8,10-12H2/b9-3-/t16-,18-,19-/m0/s1. The Bertz CT molecular complexity index is 599. The van der Waals surface area contributed by atoms with E-state index in [2.05, 4.69) is 49.8 Å². The molecule has 2 nitrogen and oxygen atoms in total. The van der Waals surface area contributed by atoms with E-state index in [1.807, 2.05) is 6.07 Å². The largest absolute Gasteiger partial charge is 0.508 e. The second-order valence-corrected chi connectivity index (χ2v) is 7.95. The van der Waals surface area contributed by atoms with Gasteiger partial charge in [-0.15, -0.1) is 0 Å². The van der Waals surface area contributed by atoms with Gasteiger partial charge in [0.2, 0.25) is 0 Å². The molecule has 1 aromatic rings. The lowest BCUT2D eigenvalue weighted by atomic mass is 9.52. The first kappa shape index (κ1) is 15.0. The molecule has 2 fully saturated rings. The number of benzene rings is 1. The summed E-state index contributed by atoms with van der Waals surface area (Å²) in [5, 5.41) is 10.0. The lowest BCUT2D eigenvalue weighted by Crippen LogP contribution is -2.60. The quantitative estimate of drug-likeness (QED) is 0.733. The fourth-order valence-corrected chi connectivity index (χ4v) is 5.70. The highest BCUT2D eigenvalue weighted by atomic mass is 127. The molecule has 3 heteroatoms. The molecule has 22 heavy (non-hydrogen) atoms. The lowest BCUT2D eigenvalue weighted by molar-refractivity contribution is -0.00518. The number of fused-ring (bicyclic) bond motifs is 1. The third-order valence-electron chi connectivity index (χ3n) is 6.36. The van der Waals surface area contributed by atoms with Gasteiger partial charge in [-0.25, -0.2) is 0 Å². The summed E-state index contributed by atoms with van der Waals surface area (Å²) in [5.74, 6) is 1.23. The van der Waals surface area contributed by atoms with Crippen molar-refractivity contribution in [1.82, 2.24) is 4.90 Å². The Morgan fingerprint density at radius 2 is 2.23 bits per heavy atom. The van der Waals surface area contributed by atoms with Crippen LogP contribution in [0.3, 0.4) is 0 Å². The lowest BCUT2D eigenvalue weighted by Gasteiger charge is -2.59. The molecule has 0 radical (unpaired) electrons. The van der Waals surface area contributed by atoms with Crippen LogP contribution < -0.4 is 0 Å². The summed E-state index contributed by atoms with van der Waals surface area (Å²) < 4.78 is 2.15. The predicted octanol–water partition coefficient (Wildman–Crippen LogP) is 4.40. The van der Waals surface area contributed by atoms with Gasteiger partial charge in [-0.1, -0.05) is 47.6 Å². The van der Waals surface area contributed by atoms with Crippen molar-refractivity contribution in [1.29, 1.82) is 0 Å². The second-order valence-electron chi connectivity index (χ2n) is 7.23. The Hall–Kier alpha value is -0.550. The SMILES string of the molecule is Oc1ccc2c(c1)[C@]13CCCC[C@H]1[C@H](C2)N(C/C=C\I)CC3. The molecule has 1 aliphatic heterocycles. The fraction of sp³-hybridized carbons (Fsp3) is 0.579. The summed E-state index contributed by atoms with van der Waals surface area (Å²) in [6, 6.07) is 6.84. The smallest absolute Gasteiger partial charge is 0.115 e. The average Bonchev–Trinajstić information content (AvgIpc) is 2.55. The van der Waals surface area contributed by atoms with Gasteiger partial charge in [-0.05, 0) is 65.5 Å². The van der Waals surface area contributed by atoms with Gasteiger partial charge in [0.05, 0.1) is 0 Å². The molecular formula is C19H24INO. The molecule has 1 heterocycles. The summed E-state index contributed by atoms with van der Waals surface area (Å²) in [5.41, 5.74) is 3.32. The Morgan fingerprint density at radius 3 is 3.09 bits per heavy atom. The number of hydrogen-bond donors (Lipinski definition) is 1. The van der Waals surface area contributed by atoms with Gasteiger partial charge in [-0.2, -0.15) is 0 Å². The van der Waals surface area contributed by atoms with Crippen LogP contribution in [0.1, 0.15) is 43.2 Å². The summed E-state index contributed by atoms with van der Waals surface area (Å²) in [4.78, 5) is 2.71. The van der Waals surface area contributed by atoms with Crippen LogP contribution in [0.15, 0.2) is 28.4 Å². The molecule has 1 saturated heterocycles. The molecule has 1 aromatic carbocycles. The van der Waals surface area contributed by atoms with Gasteiger partial charge in [0, 0.05) is 18.0 Å². The molecule has 1 N–H and O–H groups in total. The minimum Gasteiger partial charge on any atom is -0.508 e. The van der Waals surface area contributed by atoms with Crippen molar-refractivity contribution in [3.8, 4) is 5.75 Å². The molecule has 0 spiro atoms. The molecule has 0 amide bonds. The summed E-state index contributed by atoms with van der Waals surface area (Å²) in [6.07, 6.45) is 10.1. The highest BCUT2D eigenvalue weighted by Crippen LogP contribution is 2.56. The van der Waals surface area contributed by atoms with Gasteiger partial charge < -0.3 is 5.11 Å². The van der Waals surface area contributed by atoms with E-state index in [1.165, 1.54) is 49.8 Å². The van der Waals surface area contributed by atoms with E-state index < -0.39 is 0 Å². The normalized spacial score (nSPS) is 34.4. The number of nitrogens with zero attached hydrogens (tertiary/aromatic N) is 1. The van der Waals surface area contributed by atoms with E-state index in [0.717, 1.165) is 18.9 Å². The van der Waals surface area contributed by atoms with Crippen LogP contribution in [-0.4, -0.2) is 29.1 Å². The predicted molar refractivity (Wildman–Crippen MR) is 98.6 cm³/mol. The summed E-state index contributed by atoms with van der Waals surface area (Å²) >= 11 is 2.33. The Morgan fingerprint density at radius 1 is 1.32 bits per heavy atom. The van der Waals surface area contributed by atoms with Crippen molar-refractivity contribution < 1.29 is 5.11 Å². The maximum atomic E-state index is 10.0. The van der Waals surface area contributed by atoms with Crippen LogP contribution >= 0.6 is 22.6 Å². The van der Waals surface area contributed by atoms with Gasteiger partial charge in [0.25, 0.3) is 0 Å². The maximum Gasteiger partial charge on any atom is 0.115 e. The van der Waals surface area contributed by atoms with Crippen LogP contribution in [-0.2, 0) is 11.8 Å². The van der Waals surface area contributed by atoms with Crippen molar-refractivity contribution in [3.05, 3.63) is 39.5 Å². The minimum absolute atomic E-state index is 0.347. The minimum atomic E-state index is 0.347. The van der Waals surface area contributed by atoms with Gasteiger partial charge in [0.1, 0.15) is 5.75 Å². The molecule has 0 unspecified atom stereocenters. The molecule has 1 saturated carbocycles. The van der Waals surface area contributed by atoms with Gasteiger partial charge in [0.15, 0.2) is 0 Å². The average molecular weight is 409 g/mol. The molecule has 118 valence electrons. The van der Waals surface area contributed by atoms with E-state index in [1.54, 1.807) is 0 Å². The zero-order valence-electron chi connectivity index (χ0n) is 13.0. The third-order valence-corrected chi connectivity index (χ3v) is 6.87. The van der Waals surface area contributed by atoms with Gasteiger partial charge >= 0.3 is 0 Å². The zero-order chi connectivity index (χ0) is 15.2. The Labute approximate surface area is 146 Å². The highest BCUT2D eigenvalue weighted by Gasteiger charge is 2.53. The Kier molecular flexibility index (Phi) is 3.97. The number of hydrogen-bond acceptors (Lipinski definition) is 2. The number of rotatable bonds is 2. The number of phenols is 1. The first-order chi connectivity index (χ1) is 10.7. The molecule has 2 aliphatic carbocycles. The third kappa shape index (κ3) is 2.23. The van der Waals surface area contributed by atoms with Crippen LogP contribution in [0.4, 0.5) is 0 Å². The number of halogens is 1. The number of phenolic OH excluding ortho intramolecular Hbond substituents is 1. The first-order valence-electron chi connectivity index (χ1n) is 8.56.